The van der Waals surface area contributed by atoms with Crippen LogP contribution in [0.3, 0.4) is 0 Å². The molecular weight excluding hydrogens is 493 g/mol. The van der Waals surface area contributed by atoms with Crippen LogP contribution in [-0.4, -0.2) is 50.0 Å². The van der Waals surface area contributed by atoms with E-state index in [1.54, 1.807) is 31.2 Å². The third-order valence-electron chi connectivity index (χ3n) is 6.14. The molecule has 3 rings (SSSR count). The van der Waals surface area contributed by atoms with Gasteiger partial charge in [0.15, 0.2) is 0 Å². The van der Waals surface area contributed by atoms with Gasteiger partial charge >= 0.3 is 0 Å². The van der Waals surface area contributed by atoms with Crippen molar-refractivity contribution in [2.24, 2.45) is 0 Å². The molecule has 1 atom stereocenters. The highest BCUT2D eigenvalue weighted by Crippen LogP contribution is 2.21. The van der Waals surface area contributed by atoms with E-state index < -0.39 is 34.3 Å². The molecule has 2 aromatic rings. The number of benzene rings is 2. The summed E-state index contributed by atoms with van der Waals surface area (Å²) < 4.78 is 39.7. The van der Waals surface area contributed by atoms with E-state index in [4.69, 9.17) is 11.6 Å². The number of carbonyl (C=O) groups is 2. The summed E-state index contributed by atoms with van der Waals surface area (Å²) in [5, 5.41) is 3.51. The summed E-state index contributed by atoms with van der Waals surface area (Å²) in [4.78, 5) is 27.9. The summed E-state index contributed by atoms with van der Waals surface area (Å²) in [6.45, 7) is 1.09. The third kappa shape index (κ3) is 7.67. The van der Waals surface area contributed by atoms with Crippen LogP contribution in [0.15, 0.2) is 48.5 Å². The minimum atomic E-state index is -3.91. The van der Waals surface area contributed by atoms with Gasteiger partial charge in [0.25, 0.3) is 0 Å². The number of nitrogens with zero attached hydrogens (tertiary/aromatic N) is 2. The number of amides is 2. The van der Waals surface area contributed by atoms with Gasteiger partial charge in [-0.25, -0.2) is 12.8 Å². The lowest BCUT2D eigenvalue weighted by atomic mass is 9.95. The Morgan fingerprint density at radius 3 is 2.43 bits per heavy atom. The normalized spacial score (nSPS) is 15.3. The zero-order chi connectivity index (χ0) is 25.6. The van der Waals surface area contributed by atoms with Crippen LogP contribution in [0, 0.1) is 5.82 Å². The third-order valence-corrected chi connectivity index (χ3v) is 7.51. The quantitative estimate of drug-likeness (QED) is 0.536. The molecule has 1 fully saturated rings. The fourth-order valence-electron chi connectivity index (χ4n) is 4.23. The number of halogens is 2. The molecule has 35 heavy (non-hydrogen) atoms. The molecule has 7 nitrogen and oxygen atoms in total. The average molecular weight is 524 g/mol. The van der Waals surface area contributed by atoms with Crippen LogP contribution >= 0.6 is 11.6 Å². The maximum absolute atomic E-state index is 13.8. The van der Waals surface area contributed by atoms with Crippen LogP contribution in [0.1, 0.15) is 44.6 Å². The topological polar surface area (TPSA) is 86.8 Å². The van der Waals surface area contributed by atoms with E-state index >= 15 is 0 Å². The first kappa shape index (κ1) is 26.9. The Hall–Kier alpha value is -2.65. The van der Waals surface area contributed by atoms with Crippen LogP contribution < -0.4 is 9.62 Å². The number of carbonyl (C=O) groups excluding carboxylic acids is 2. The SMILES string of the molecule is C[C@H](C(=O)NC1CCCCC1)N(Cc1cccc(Cl)c1)C(=O)CN(c1cccc(F)c1)S(C)(=O)=O. The van der Waals surface area contributed by atoms with Crippen LogP contribution in [0.25, 0.3) is 0 Å². The van der Waals surface area contributed by atoms with E-state index in [0.29, 0.717) is 10.6 Å². The van der Waals surface area contributed by atoms with Crippen molar-refractivity contribution >= 4 is 39.1 Å². The van der Waals surface area contributed by atoms with Crippen LogP contribution in [0.2, 0.25) is 5.02 Å². The molecule has 0 spiro atoms. The van der Waals surface area contributed by atoms with Crippen molar-refractivity contribution in [2.45, 2.75) is 57.7 Å². The summed E-state index contributed by atoms with van der Waals surface area (Å²) in [7, 11) is -3.91. The van der Waals surface area contributed by atoms with Gasteiger partial charge in [0.05, 0.1) is 11.9 Å². The van der Waals surface area contributed by atoms with Gasteiger partial charge in [0.1, 0.15) is 18.4 Å². The van der Waals surface area contributed by atoms with Gasteiger partial charge in [-0.15, -0.1) is 0 Å². The molecular formula is C25H31ClFN3O4S. The number of rotatable bonds is 9. The van der Waals surface area contributed by atoms with Gasteiger partial charge in [-0.05, 0) is 55.7 Å². The molecule has 1 N–H and O–H groups in total. The van der Waals surface area contributed by atoms with Crippen LogP contribution in [-0.2, 0) is 26.2 Å². The monoisotopic (exact) mass is 523 g/mol. The first-order valence-corrected chi connectivity index (χ1v) is 13.8. The maximum Gasteiger partial charge on any atom is 0.244 e. The maximum atomic E-state index is 13.8. The van der Waals surface area contributed by atoms with E-state index in [0.717, 1.165) is 48.7 Å². The predicted molar refractivity (Wildman–Crippen MR) is 135 cm³/mol. The molecule has 0 radical (unpaired) electrons. The van der Waals surface area contributed by atoms with Crippen molar-refractivity contribution in [3.8, 4) is 0 Å². The fourth-order valence-corrected chi connectivity index (χ4v) is 5.28. The molecule has 0 bridgehead atoms. The molecule has 0 aromatic heterocycles. The van der Waals surface area contributed by atoms with Gasteiger partial charge in [-0.3, -0.25) is 13.9 Å². The Morgan fingerprint density at radius 2 is 1.80 bits per heavy atom. The fraction of sp³-hybridized carbons (Fsp3) is 0.440. The second-order valence-electron chi connectivity index (χ2n) is 8.92. The predicted octanol–water partition coefficient (Wildman–Crippen LogP) is 4.11. The van der Waals surface area contributed by atoms with Gasteiger partial charge in [0, 0.05) is 17.6 Å². The minimum absolute atomic E-state index is 0.0304. The van der Waals surface area contributed by atoms with E-state index in [2.05, 4.69) is 5.32 Å². The lowest BCUT2D eigenvalue weighted by molar-refractivity contribution is -0.139. The van der Waals surface area contributed by atoms with E-state index in [9.17, 15) is 22.4 Å². The Morgan fingerprint density at radius 1 is 1.11 bits per heavy atom. The zero-order valence-electron chi connectivity index (χ0n) is 19.9. The van der Waals surface area contributed by atoms with Gasteiger partial charge in [-0.1, -0.05) is 49.1 Å². The second-order valence-corrected chi connectivity index (χ2v) is 11.3. The van der Waals surface area contributed by atoms with E-state index in [1.165, 1.54) is 23.1 Å². The number of hydrogen-bond acceptors (Lipinski definition) is 4. The first-order chi connectivity index (χ1) is 16.5. The smallest absolute Gasteiger partial charge is 0.244 e. The molecule has 2 amide bonds. The van der Waals surface area contributed by atoms with Crippen molar-refractivity contribution < 1.29 is 22.4 Å². The molecule has 190 valence electrons. The largest absolute Gasteiger partial charge is 0.352 e. The Balaban J connectivity index is 1.87. The van der Waals surface area contributed by atoms with Gasteiger partial charge in [0.2, 0.25) is 21.8 Å². The van der Waals surface area contributed by atoms with Crippen molar-refractivity contribution in [3.63, 3.8) is 0 Å². The van der Waals surface area contributed by atoms with Crippen molar-refractivity contribution in [2.75, 3.05) is 17.1 Å². The number of hydrogen-bond donors (Lipinski definition) is 1. The molecule has 1 saturated carbocycles. The van der Waals surface area contributed by atoms with Crippen molar-refractivity contribution in [3.05, 3.63) is 64.9 Å². The Bertz CT molecular complexity index is 1150. The van der Waals surface area contributed by atoms with E-state index in [1.807, 2.05) is 0 Å². The average Bonchev–Trinajstić information content (AvgIpc) is 2.80. The highest BCUT2D eigenvalue weighted by molar-refractivity contribution is 7.92. The number of sulfonamides is 1. The molecule has 0 aliphatic heterocycles. The van der Waals surface area contributed by atoms with Crippen molar-refractivity contribution in [1.29, 1.82) is 0 Å². The standard InChI is InChI=1S/C25H31ClFN3O4S/c1-18(25(32)28-22-11-4-3-5-12-22)29(16-19-8-6-9-20(26)14-19)24(31)17-30(35(2,33)34)23-13-7-10-21(27)15-23/h6-10,13-15,18,22H,3-5,11-12,16-17H2,1-2H3,(H,28,32)/t18-/m1/s1. The first-order valence-electron chi connectivity index (χ1n) is 11.6. The molecule has 1 aliphatic rings. The second kappa shape index (κ2) is 11.9. The number of nitrogens with one attached hydrogen (secondary N) is 1. The molecule has 1 aliphatic carbocycles. The summed E-state index contributed by atoms with van der Waals surface area (Å²) in [5.74, 6) is -1.52. The van der Waals surface area contributed by atoms with Crippen molar-refractivity contribution in [1.82, 2.24) is 10.2 Å². The Labute approximate surface area is 211 Å². The van der Waals surface area contributed by atoms with Gasteiger partial charge in [-0.2, -0.15) is 0 Å². The lowest BCUT2D eigenvalue weighted by Crippen LogP contribution is -2.53. The highest BCUT2D eigenvalue weighted by Gasteiger charge is 2.31. The molecule has 0 heterocycles. The summed E-state index contributed by atoms with van der Waals surface area (Å²) in [5.41, 5.74) is 0.725. The molecule has 2 aromatic carbocycles. The molecule has 0 unspecified atom stereocenters. The summed E-state index contributed by atoms with van der Waals surface area (Å²) >= 11 is 6.11. The van der Waals surface area contributed by atoms with Crippen LogP contribution in [0.4, 0.5) is 10.1 Å². The zero-order valence-corrected chi connectivity index (χ0v) is 21.5. The van der Waals surface area contributed by atoms with Gasteiger partial charge < -0.3 is 10.2 Å². The molecule has 0 saturated heterocycles. The number of anilines is 1. The highest BCUT2D eigenvalue weighted by atomic mass is 35.5. The van der Waals surface area contributed by atoms with Crippen LogP contribution in [0.5, 0.6) is 0 Å². The summed E-state index contributed by atoms with van der Waals surface area (Å²) in [6.07, 6.45) is 5.96. The minimum Gasteiger partial charge on any atom is -0.352 e. The van der Waals surface area contributed by atoms with E-state index in [-0.39, 0.29) is 24.2 Å². The molecule has 10 heteroatoms. The summed E-state index contributed by atoms with van der Waals surface area (Å²) in [6, 6.07) is 11.1. The Kier molecular flexibility index (Phi) is 9.13. The lowest BCUT2D eigenvalue weighted by Gasteiger charge is -2.33.